The molecule has 0 bridgehead atoms. The summed E-state index contributed by atoms with van der Waals surface area (Å²) in [6.07, 6.45) is 2.52. The predicted molar refractivity (Wildman–Crippen MR) is 130 cm³/mol. The molecule has 186 valence electrons. The van der Waals surface area contributed by atoms with Gasteiger partial charge in [0.25, 0.3) is 0 Å². The molecule has 2 aliphatic heterocycles. The molecule has 2 aromatic heterocycles. The molecule has 0 radical (unpaired) electrons. The maximum absolute atomic E-state index is 13.0. The molecule has 0 unspecified atom stereocenters. The highest BCUT2D eigenvalue weighted by Gasteiger charge is 2.40. The summed E-state index contributed by atoms with van der Waals surface area (Å²) >= 11 is 0. The number of likely N-dealkylation sites (tertiary alicyclic amines) is 1. The zero-order valence-corrected chi connectivity index (χ0v) is 20.8. The van der Waals surface area contributed by atoms with Crippen LogP contribution in [0.15, 0.2) is 24.3 Å². The Labute approximate surface area is 204 Å². The molecule has 35 heavy (non-hydrogen) atoms. The summed E-state index contributed by atoms with van der Waals surface area (Å²) < 4.78 is 24.3. The van der Waals surface area contributed by atoms with E-state index in [0.717, 1.165) is 52.4 Å². The molecule has 3 aromatic rings. The summed E-state index contributed by atoms with van der Waals surface area (Å²) in [7, 11) is 3.26. The van der Waals surface area contributed by atoms with Gasteiger partial charge in [-0.25, -0.2) is 9.50 Å². The number of nitrogens with zero attached hydrogens (tertiary/aromatic N) is 4. The van der Waals surface area contributed by atoms with E-state index in [4.69, 9.17) is 29.0 Å². The highest BCUT2D eigenvalue weighted by Crippen LogP contribution is 2.34. The average molecular weight is 481 g/mol. The van der Waals surface area contributed by atoms with Crippen LogP contribution in [-0.2, 0) is 20.7 Å². The first-order valence-corrected chi connectivity index (χ1v) is 12.1. The fourth-order valence-corrected chi connectivity index (χ4v) is 5.10. The lowest BCUT2D eigenvalue weighted by Gasteiger charge is -2.37. The van der Waals surface area contributed by atoms with Crippen LogP contribution >= 0.6 is 0 Å². The van der Waals surface area contributed by atoms with Crippen LogP contribution in [0.1, 0.15) is 36.2 Å². The van der Waals surface area contributed by atoms with Gasteiger partial charge in [0.1, 0.15) is 11.5 Å². The summed E-state index contributed by atoms with van der Waals surface area (Å²) in [5.74, 6) is 1.09. The molecule has 0 N–H and O–H groups in total. The van der Waals surface area contributed by atoms with Gasteiger partial charge in [0, 0.05) is 61.4 Å². The van der Waals surface area contributed by atoms with Gasteiger partial charge >= 0.3 is 0 Å². The number of aryl methyl sites for hydroxylation is 2. The summed E-state index contributed by atoms with van der Waals surface area (Å²) in [6, 6.07) is 7.62. The molecule has 0 saturated carbocycles. The van der Waals surface area contributed by atoms with Gasteiger partial charge in [0.05, 0.1) is 33.1 Å². The summed E-state index contributed by atoms with van der Waals surface area (Å²) in [4.78, 5) is 19.7. The number of methoxy groups -OCH3 is 2. The zero-order chi connectivity index (χ0) is 24.6. The third-order valence-electron chi connectivity index (χ3n) is 7.13. The number of carbonyl (C=O) groups excluding carboxylic acids is 1. The van der Waals surface area contributed by atoms with Crippen LogP contribution in [0.4, 0.5) is 0 Å². The molecule has 1 amide bonds. The van der Waals surface area contributed by atoms with Crippen molar-refractivity contribution in [1.29, 1.82) is 0 Å². The minimum atomic E-state index is -0.469. The van der Waals surface area contributed by atoms with E-state index in [2.05, 4.69) is 0 Å². The van der Waals surface area contributed by atoms with Crippen molar-refractivity contribution < 1.29 is 23.7 Å². The minimum absolute atomic E-state index is 0.154. The van der Waals surface area contributed by atoms with Crippen molar-refractivity contribution in [3.05, 3.63) is 41.2 Å². The molecule has 2 saturated heterocycles. The topological polar surface area (TPSA) is 87.4 Å². The second-order valence-electron chi connectivity index (χ2n) is 9.12. The van der Waals surface area contributed by atoms with E-state index in [-0.39, 0.29) is 5.91 Å². The Morgan fingerprint density at radius 2 is 1.83 bits per heavy atom. The SMILES string of the molecule is COc1ccc(-c2cc3nc(C)c(CCC(=O)N4CCC5(CC4)OCCO5)c(C)n3n2)c(OC)c1. The number of aromatic nitrogens is 3. The number of fused-ring (bicyclic) bond motifs is 1. The van der Waals surface area contributed by atoms with Crippen LogP contribution in [-0.4, -0.2) is 71.7 Å². The van der Waals surface area contributed by atoms with Crippen LogP contribution in [0.3, 0.4) is 0 Å². The Kier molecular flexibility index (Phi) is 6.37. The van der Waals surface area contributed by atoms with E-state index in [1.807, 2.05) is 47.5 Å². The Morgan fingerprint density at radius 3 is 2.51 bits per heavy atom. The zero-order valence-electron chi connectivity index (χ0n) is 20.8. The van der Waals surface area contributed by atoms with Crippen molar-refractivity contribution in [2.24, 2.45) is 0 Å². The van der Waals surface area contributed by atoms with Crippen LogP contribution < -0.4 is 9.47 Å². The fraction of sp³-hybridized carbons (Fsp3) is 0.500. The number of rotatable bonds is 6. The van der Waals surface area contributed by atoms with E-state index in [1.54, 1.807) is 14.2 Å². The Morgan fingerprint density at radius 1 is 1.09 bits per heavy atom. The standard InChI is InChI=1S/C26H32N4O5/c1-17-20(7-8-25(31)29-11-9-26(10-12-29)34-13-14-35-26)18(2)30-24(27-17)16-22(28-30)21-6-5-19(32-3)15-23(21)33-4/h5-6,15-16H,7-14H2,1-4H3. The van der Waals surface area contributed by atoms with Crippen LogP contribution in [0.25, 0.3) is 16.9 Å². The van der Waals surface area contributed by atoms with Gasteiger partial charge in [-0.1, -0.05) is 0 Å². The number of hydrogen-bond donors (Lipinski definition) is 0. The molecule has 1 spiro atoms. The normalized spacial score (nSPS) is 17.3. The highest BCUT2D eigenvalue weighted by atomic mass is 16.7. The largest absolute Gasteiger partial charge is 0.497 e. The molecule has 0 aliphatic carbocycles. The maximum atomic E-state index is 13.0. The average Bonchev–Trinajstić information content (AvgIpc) is 3.51. The maximum Gasteiger partial charge on any atom is 0.222 e. The van der Waals surface area contributed by atoms with Crippen molar-refractivity contribution in [1.82, 2.24) is 19.5 Å². The third kappa shape index (κ3) is 4.46. The lowest BCUT2D eigenvalue weighted by Crippen LogP contribution is -2.47. The van der Waals surface area contributed by atoms with E-state index in [1.165, 1.54) is 0 Å². The van der Waals surface area contributed by atoms with Crippen LogP contribution in [0, 0.1) is 13.8 Å². The smallest absolute Gasteiger partial charge is 0.222 e. The highest BCUT2D eigenvalue weighted by molar-refractivity contribution is 5.77. The monoisotopic (exact) mass is 480 g/mol. The molecule has 0 atom stereocenters. The number of carbonyl (C=O) groups is 1. The molecule has 2 aliphatic rings. The first kappa shape index (κ1) is 23.6. The quantitative estimate of drug-likeness (QED) is 0.535. The van der Waals surface area contributed by atoms with E-state index >= 15 is 0 Å². The Hall–Kier alpha value is -3.17. The van der Waals surface area contributed by atoms with Gasteiger partial charge in [0.15, 0.2) is 11.4 Å². The fourth-order valence-electron chi connectivity index (χ4n) is 5.10. The third-order valence-corrected chi connectivity index (χ3v) is 7.13. The van der Waals surface area contributed by atoms with Gasteiger partial charge in [-0.3, -0.25) is 4.79 Å². The number of ether oxygens (including phenoxy) is 4. The predicted octanol–water partition coefficient (Wildman–Crippen LogP) is 3.33. The minimum Gasteiger partial charge on any atom is -0.497 e. The molecule has 1 aromatic carbocycles. The first-order chi connectivity index (χ1) is 16.9. The second kappa shape index (κ2) is 9.47. The summed E-state index contributed by atoms with van der Waals surface area (Å²) in [6.45, 7) is 6.64. The van der Waals surface area contributed by atoms with Gasteiger partial charge < -0.3 is 23.8 Å². The van der Waals surface area contributed by atoms with Gasteiger partial charge in [-0.05, 0) is 38.0 Å². The number of benzene rings is 1. The molecule has 9 heteroatoms. The lowest BCUT2D eigenvalue weighted by molar-refractivity contribution is -0.187. The number of hydrogen-bond acceptors (Lipinski definition) is 7. The summed E-state index contributed by atoms with van der Waals surface area (Å²) in [5.41, 5.74) is 5.36. The molecule has 5 rings (SSSR count). The molecular formula is C26H32N4O5. The van der Waals surface area contributed by atoms with E-state index < -0.39 is 5.79 Å². The van der Waals surface area contributed by atoms with E-state index in [0.29, 0.717) is 44.9 Å². The van der Waals surface area contributed by atoms with Gasteiger partial charge in [-0.15, -0.1) is 0 Å². The molecule has 4 heterocycles. The van der Waals surface area contributed by atoms with Gasteiger partial charge in [0.2, 0.25) is 5.91 Å². The van der Waals surface area contributed by atoms with Crippen LogP contribution in [0.5, 0.6) is 11.5 Å². The van der Waals surface area contributed by atoms with Crippen molar-refractivity contribution in [2.75, 3.05) is 40.5 Å². The van der Waals surface area contributed by atoms with Crippen LogP contribution in [0.2, 0.25) is 0 Å². The number of piperidine rings is 1. The second-order valence-corrected chi connectivity index (χ2v) is 9.12. The lowest BCUT2D eigenvalue weighted by atomic mass is 10.0. The van der Waals surface area contributed by atoms with Crippen molar-refractivity contribution in [3.63, 3.8) is 0 Å². The molecule has 9 nitrogen and oxygen atoms in total. The van der Waals surface area contributed by atoms with Crippen molar-refractivity contribution in [2.45, 2.75) is 45.3 Å². The summed E-state index contributed by atoms with van der Waals surface area (Å²) in [5, 5.41) is 4.82. The van der Waals surface area contributed by atoms with E-state index in [9.17, 15) is 4.79 Å². The molecule has 2 fully saturated rings. The Bertz CT molecular complexity index is 1240. The van der Waals surface area contributed by atoms with Gasteiger partial charge in [-0.2, -0.15) is 5.10 Å². The van der Waals surface area contributed by atoms with Crippen molar-refractivity contribution >= 4 is 11.6 Å². The number of amides is 1. The van der Waals surface area contributed by atoms with Crippen molar-refractivity contribution in [3.8, 4) is 22.8 Å². The first-order valence-electron chi connectivity index (χ1n) is 12.1. The molecular weight excluding hydrogens is 448 g/mol. The Balaban J connectivity index is 1.33.